The van der Waals surface area contributed by atoms with Crippen molar-refractivity contribution in [1.29, 1.82) is 0 Å². The van der Waals surface area contributed by atoms with Crippen LogP contribution in [-0.4, -0.2) is 37.4 Å². The zero-order chi connectivity index (χ0) is 15.0. The van der Waals surface area contributed by atoms with Gasteiger partial charge in [0.1, 0.15) is 0 Å². The molecule has 2 N–H and O–H groups in total. The maximum Gasteiger partial charge on any atom is 0.305 e. The number of hydrogen-bond acceptors (Lipinski definition) is 3. The molecule has 1 aliphatic heterocycles. The number of amides is 1. The third-order valence-corrected chi connectivity index (χ3v) is 8.82. The summed E-state index contributed by atoms with van der Waals surface area (Å²) in [5.74, 6) is -1.34. The van der Waals surface area contributed by atoms with Gasteiger partial charge in [-0.1, -0.05) is 20.8 Å². The highest BCUT2D eigenvalue weighted by Gasteiger charge is 2.47. The van der Waals surface area contributed by atoms with E-state index in [4.69, 9.17) is 9.53 Å². The van der Waals surface area contributed by atoms with E-state index in [0.717, 1.165) is 0 Å². The minimum Gasteiger partial charge on any atom is -0.481 e. The summed E-state index contributed by atoms with van der Waals surface area (Å²) >= 11 is 0. The Bertz CT molecular complexity index is 375. The molecule has 0 saturated carbocycles. The number of hydrogen-bond donors (Lipinski definition) is 2. The smallest absolute Gasteiger partial charge is 0.305 e. The number of nitrogens with one attached hydrogen (secondary N) is 1. The molecule has 0 unspecified atom stereocenters. The van der Waals surface area contributed by atoms with Crippen molar-refractivity contribution < 1.29 is 19.1 Å². The van der Waals surface area contributed by atoms with Crippen LogP contribution < -0.4 is 5.32 Å². The fourth-order valence-electron chi connectivity index (χ4n) is 2.08. The summed E-state index contributed by atoms with van der Waals surface area (Å²) < 4.78 is 6.17. The highest BCUT2D eigenvalue weighted by atomic mass is 28.4. The summed E-state index contributed by atoms with van der Waals surface area (Å²) in [5.41, 5.74) is 0. The van der Waals surface area contributed by atoms with Crippen molar-refractivity contribution in [3.05, 3.63) is 0 Å². The van der Waals surface area contributed by atoms with Crippen molar-refractivity contribution in [2.24, 2.45) is 5.92 Å². The van der Waals surface area contributed by atoms with E-state index in [-0.39, 0.29) is 35.4 Å². The number of β-lactam (4-membered cyclic amide) rings is 1. The monoisotopic (exact) mass is 287 g/mol. The van der Waals surface area contributed by atoms with Crippen molar-refractivity contribution >= 4 is 20.2 Å². The highest BCUT2D eigenvalue weighted by Crippen LogP contribution is 2.39. The third-order valence-electron chi connectivity index (χ3n) is 4.25. The van der Waals surface area contributed by atoms with Gasteiger partial charge in [-0.3, -0.25) is 9.59 Å². The summed E-state index contributed by atoms with van der Waals surface area (Å²) in [6.07, 6.45) is -0.277. The van der Waals surface area contributed by atoms with Gasteiger partial charge in [0.2, 0.25) is 5.91 Å². The minimum absolute atomic E-state index is 0.0401. The largest absolute Gasteiger partial charge is 0.481 e. The van der Waals surface area contributed by atoms with Crippen molar-refractivity contribution in [3.8, 4) is 0 Å². The first-order valence-electron chi connectivity index (χ1n) is 6.65. The van der Waals surface area contributed by atoms with Crippen molar-refractivity contribution in [1.82, 2.24) is 5.32 Å². The van der Waals surface area contributed by atoms with Gasteiger partial charge in [-0.2, -0.15) is 0 Å². The van der Waals surface area contributed by atoms with Gasteiger partial charge >= 0.3 is 5.97 Å². The van der Waals surface area contributed by atoms with Gasteiger partial charge in [0.25, 0.3) is 0 Å². The average Bonchev–Trinajstić information content (AvgIpc) is 2.12. The molecule has 110 valence electrons. The van der Waals surface area contributed by atoms with E-state index in [0.29, 0.717) is 0 Å². The lowest BCUT2D eigenvalue weighted by atomic mass is 9.84. The Morgan fingerprint density at radius 3 is 2.37 bits per heavy atom. The van der Waals surface area contributed by atoms with Gasteiger partial charge in [0.05, 0.1) is 24.5 Å². The Morgan fingerprint density at radius 1 is 1.47 bits per heavy atom. The van der Waals surface area contributed by atoms with Crippen molar-refractivity contribution in [2.75, 3.05) is 0 Å². The fraction of sp³-hybridized carbons (Fsp3) is 0.846. The molecule has 0 radical (unpaired) electrons. The third kappa shape index (κ3) is 3.57. The standard InChI is InChI=1S/C13H25NO4Si/c1-8(18-19(5,6)13(2,3)4)11-9(7-10(15)16)14-12(11)17/h8-9,11H,7H2,1-6H3,(H,14,17)(H,15,16)/t8-,9-,11-/m0/s1. The molecule has 19 heavy (non-hydrogen) atoms. The van der Waals surface area contributed by atoms with Crippen LogP contribution in [0.25, 0.3) is 0 Å². The number of carboxylic acids is 1. The molecule has 1 saturated heterocycles. The SMILES string of the molecule is C[C@H](O[Si](C)(C)C(C)(C)C)[C@@H]1C(=O)N[C@H]1CC(=O)O. The van der Waals surface area contributed by atoms with Crippen LogP contribution >= 0.6 is 0 Å². The van der Waals surface area contributed by atoms with Gasteiger partial charge in [-0.15, -0.1) is 0 Å². The molecule has 0 bridgehead atoms. The van der Waals surface area contributed by atoms with Crippen molar-refractivity contribution in [3.63, 3.8) is 0 Å². The molecule has 0 aromatic carbocycles. The number of carbonyl (C=O) groups is 2. The van der Waals surface area contributed by atoms with E-state index in [1.54, 1.807) is 0 Å². The molecule has 1 heterocycles. The van der Waals surface area contributed by atoms with Crippen LogP contribution in [0.3, 0.4) is 0 Å². The quantitative estimate of drug-likeness (QED) is 0.599. The maximum atomic E-state index is 11.6. The molecule has 6 heteroatoms. The predicted molar refractivity (Wildman–Crippen MR) is 75.4 cm³/mol. The molecule has 1 aliphatic rings. The van der Waals surface area contributed by atoms with E-state index in [2.05, 4.69) is 39.2 Å². The van der Waals surface area contributed by atoms with E-state index >= 15 is 0 Å². The summed E-state index contributed by atoms with van der Waals surface area (Å²) in [6, 6.07) is -0.301. The Hall–Kier alpha value is -0.883. The Balaban J connectivity index is 2.69. The van der Waals surface area contributed by atoms with E-state index in [9.17, 15) is 9.59 Å². The highest BCUT2D eigenvalue weighted by molar-refractivity contribution is 6.74. The molecule has 0 aromatic rings. The Kier molecular flexibility index (Phi) is 4.46. The number of carbonyl (C=O) groups excluding carboxylic acids is 1. The first-order valence-corrected chi connectivity index (χ1v) is 9.56. The number of rotatable bonds is 5. The lowest BCUT2D eigenvalue weighted by Crippen LogP contribution is -2.64. The second-order valence-electron chi connectivity index (χ2n) is 6.82. The second-order valence-corrected chi connectivity index (χ2v) is 11.6. The van der Waals surface area contributed by atoms with Gasteiger partial charge in [0, 0.05) is 0 Å². The van der Waals surface area contributed by atoms with Gasteiger partial charge in [0.15, 0.2) is 8.32 Å². The van der Waals surface area contributed by atoms with Gasteiger partial charge < -0.3 is 14.8 Å². The van der Waals surface area contributed by atoms with Crippen LogP contribution in [0.5, 0.6) is 0 Å². The van der Waals surface area contributed by atoms with E-state index in [1.807, 2.05) is 6.92 Å². The fourth-order valence-corrected chi connectivity index (χ4v) is 3.51. The van der Waals surface area contributed by atoms with Gasteiger partial charge in [-0.25, -0.2) is 0 Å². The Labute approximate surface area is 115 Å². The summed E-state index contributed by atoms with van der Waals surface area (Å²) in [7, 11) is -1.94. The average molecular weight is 287 g/mol. The molecule has 1 amide bonds. The zero-order valence-electron chi connectivity index (χ0n) is 12.6. The zero-order valence-corrected chi connectivity index (χ0v) is 13.6. The maximum absolute atomic E-state index is 11.6. The molecule has 5 nitrogen and oxygen atoms in total. The van der Waals surface area contributed by atoms with E-state index < -0.39 is 14.3 Å². The van der Waals surface area contributed by atoms with Crippen LogP contribution in [-0.2, 0) is 14.0 Å². The molecule has 1 fully saturated rings. The van der Waals surface area contributed by atoms with E-state index in [1.165, 1.54) is 0 Å². The van der Waals surface area contributed by atoms with Crippen LogP contribution in [0, 0.1) is 5.92 Å². The van der Waals surface area contributed by atoms with Crippen LogP contribution in [0.4, 0.5) is 0 Å². The summed E-state index contributed by atoms with van der Waals surface area (Å²) in [5, 5.41) is 11.5. The van der Waals surface area contributed by atoms with Crippen molar-refractivity contribution in [2.45, 2.75) is 64.4 Å². The topological polar surface area (TPSA) is 75.6 Å². The molecular weight excluding hydrogens is 262 g/mol. The molecule has 0 aromatic heterocycles. The first-order chi connectivity index (χ1) is 8.45. The van der Waals surface area contributed by atoms with Crippen LogP contribution in [0.15, 0.2) is 0 Å². The molecular formula is C13H25NO4Si. The Morgan fingerprint density at radius 2 is 2.00 bits per heavy atom. The summed E-state index contributed by atoms with van der Waals surface area (Å²) in [6.45, 7) is 12.6. The van der Waals surface area contributed by atoms with Gasteiger partial charge in [-0.05, 0) is 25.1 Å². The minimum atomic E-state index is -1.94. The lowest BCUT2D eigenvalue weighted by Gasteiger charge is -2.45. The van der Waals surface area contributed by atoms with Crippen LogP contribution in [0.2, 0.25) is 18.1 Å². The number of aliphatic carboxylic acids is 1. The first kappa shape index (κ1) is 16.2. The molecule has 3 atom stereocenters. The summed E-state index contributed by atoms with van der Waals surface area (Å²) in [4.78, 5) is 22.4. The lowest BCUT2D eigenvalue weighted by molar-refractivity contribution is -0.145. The van der Waals surface area contributed by atoms with Crippen LogP contribution in [0.1, 0.15) is 34.1 Å². The normalized spacial score (nSPS) is 25.5. The molecule has 0 spiro atoms. The second kappa shape index (κ2) is 5.24. The molecule has 0 aliphatic carbocycles. The molecule has 1 rings (SSSR count). The number of carboxylic acid groups (broad SMARTS) is 1. The predicted octanol–water partition coefficient (Wildman–Crippen LogP) is 1.99.